The van der Waals surface area contributed by atoms with E-state index in [-0.39, 0.29) is 0 Å². The van der Waals surface area contributed by atoms with E-state index in [1.807, 2.05) is 0 Å². The molecule has 0 fully saturated rings. The molecule has 0 saturated heterocycles. The first-order chi connectivity index (χ1) is 9.71. The van der Waals surface area contributed by atoms with Gasteiger partial charge in [0.2, 0.25) is 0 Å². The van der Waals surface area contributed by atoms with Crippen molar-refractivity contribution in [3.05, 3.63) is 33.4 Å². The predicted octanol–water partition coefficient (Wildman–Crippen LogP) is 5.19. The zero-order valence-corrected chi connectivity index (χ0v) is 15.5. The van der Waals surface area contributed by atoms with Gasteiger partial charge < -0.3 is 5.32 Å². The molecule has 120 valence electrons. The van der Waals surface area contributed by atoms with Crippen molar-refractivity contribution >= 4 is 0 Å². The van der Waals surface area contributed by atoms with E-state index in [2.05, 4.69) is 60.7 Å². The third-order valence-corrected chi connectivity index (χ3v) is 5.44. The van der Waals surface area contributed by atoms with Crippen molar-refractivity contribution in [2.75, 3.05) is 13.1 Å². The minimum absolute atomic E-state index is 0.410. The molecule has 0 bridgehead atoms. The van der Waals surface area contributed by atoms with E-state index in [1.165, 1.54) is 47.1 Å². The van der Waals surface area contributed by atoms with Gasteiger partial charge in [-0.2, -0.15) is 0 Å². The SMILES string of the molecule is CCNCCC(C)(C)CCc1c(C)c(C)c(C)c(C)c1C. The Bertz CT molecular complexity index is 454. The van der Waals surface area contributed by atoms with Gasteiger partial charge in [0.15, 0.2) is 0 Å². The Labute approximate surface area is 132 Å². The molecule has 1 N–H and O–H groups in total. The fourth-order valence-corrected chi connectivity index (χ4v) is 3.14. The number of benzene rings is 1. The summed E-state index contributed by atoms with van der Waals surface area (Å²) in [6.45, 7) is 20.6. The summed E-state index contributed by atoms with van der Waals surface area (Å²) in [7, 11) is 0. The van der Waals surface area contributed by atoms with Crippen LogP contribution in [0.25, 0.3) is 0 Å². The highest BCUT2D eigenvalue weighted by atomic mass is 14.8. The molecular formula is C20H35N. The number of rotatable bonds is 7. The lowest BCUT2D eigenvalue weighted by molar-refractivity contribution is 0.303. The Morgan fingerprint density at radius 2 is 1.24 bits per heavy atom. The Morgan fingerprint density at radius 1 is 0.762 bits per heavy atom. The lowest BCUT2D eigenvalue weighted by atomic mass is 9.80. The third-order valence-electron chi connectivity index (χ3n) is 5.44. The molecule has 0 radical (unpaired) electrons. The van der Waals surface area contributed by atoms with Crippen LogP contribution < -0.4 is 5.32 Å². The monoisotopic (exact) mass is 289 g/mol. The Balaban J connectivity index is 2.85. The molecule has 0 aliphatic rings. The molecule has 0 saturated carbocycles. The highest BCUT2D eigenvalue weighted by Crippen LogP contribution is 2.31. The van der Waals surface area contributed by atoms with Crippen molar-refractivity contribution in [3.8, 4) is 0 Å². The first-order valence-electron chi connectivity index (χ1n) is 8.47. The topological polar surface area (TPSA) is 12.0 Å². The van der Waals surface area contributed by atoms with Crippen molar-refractivity contribution in [1.29, 1.82) is 0 Å². The van der Waals surface area contributed by atoms with Crippen LogP contribution in [0.15, 0.2) is 0 Å². The molecule has 0 atom stereocenters. The van der Waals surface area contributed by atoms with Crippen molar-refractivity contribution in [2.45, 2.75) is 74.7 Å². The summed E-state index contributed by atoms with van der Waals surface area (Å²) in [5.41, 5.74) is 9.47. The van der Waals surface area contributed by atoms with Gasteiger partial charge in [0.25, 0.3) is 0 Å². The Kier molecular flexibility index (Phi) is 6.46. The highest BCUT2D eigenvalue weighted by molar-refractivity contribution is 5.49. The van der Waals surface area contributed by atoms with Crippen LogP contribution in [0.1, 0.15) is 67.0 Å². The van der Waals surface area contributed by atoms with E-state index in [9.17, 15) is 0 Å². The molecule has 0 aliphatic heterocycles. The fourth-order valence-electron chi connectivity index (χ4n) is 3.14. The molecule has 0 aromatic heterocycles. The summed E-state index contributed by atoms with van der Waals surface area (Å²) in [6.07, 6.45) is 3.73. The summed E-state index contributed by atoms with van der Waals surface area (Å²) in [6, 6.07) is 0. The van der Waals surface area contributed by atoms with E-state index < -0.39 is 0 Å². The van der Waals surface area contributed by atoms with Gasteiger partial charge in [0.05, 0.1) is 0 Å². The molecule has 0 aliphatic carbocycles. The van der Waals surface area contributed by atoms with Crippen LogP contribution in [0.5, 0.6) is 0 Å². The summed E-state index contributed by atoms with van der Waals surface area (Å²) < 4.78 is 0. The molecule has 0 amide bonds. The normalized spacial score (nSPS) is 12.0. The molecule has 1 nitrogen and oxygen atoms in total. The molecule has 0 heterocycles. The standard InChI is InChI=1S/C20H35N/c1-9-21-13-12-20(7,8)11-10-19-17(5)15(3)14(2)16(4)18(19)6/h21H,9-13H2,1-8H3. The molecule has 0 spiro atoms. The molecular weight excluding hydrogens is 254 g/mol. The van der Waals surface area contributed by atoms with E-state index in [1.54, 1.807) is 5.56 Å². The lowest BCUT2D eigenvalue weighted by Gasteiger charge is -2.27. The predicted molar refractivity (Wildman–Crippen MR) is 95.4 cm³/mol. The van der Waals surface area contributed by atoms with Gasteiger partial charge in [-0.15, -0.1) is 0 Å². The average Bonchev–Trinajstić information content (AvgIpc) is 2.43. The quantitative estimate of drug-likeness (QED) is 0.681. The second kappa shape index (κ2) is 7.45. The van der Waals surface area contributed by atoms with Crippen LogP contribution in [0.4, 0.5) is 0 Å². The minimum Gasteiger partial charge on any atom is -0.317 e. The number of hydrogen-bond donors (Lipinski definition) is 1. The maximum absolute atomic E-state index is 3.45. The van der Waals surface area contributed by atoms with Crippen LogP contribution in [0, 0.1) is 40.0 Å². The molecule has 1 heteroatoms. The summed E-state index contributed by atoms with van der Waals surface area (Å²) in [5.74, 6) is 0. The third kappa shape index (κ3) is 4.57. The van der Waals surface area contributed by atoms with Gasteiger partial charge in [0.1, 0.15) is 0 Å². The fraction of sp³-hybridized carbons (Fsp3) is 0.700. The largest absolute Gasteiger partial charge is 0.317 e. The first-order valence-corrected chi connectivity index (χ1v) is 8.47. The second-order valence-corrected chi connectivity index (χ2v) is 7.37. The molecule has 1 aromatic carbocycles. The maximum atomic E-state index is 3.45. The van der Waals surface area contributed by atoms with E-state index in [4.69, 9.17) is 0 Å². The van der Waals surface area contributed by atoms with Gasteiger partial charge in [-0.25, -0.2) is 0 Å². The number of hydrogen-bond acceptors (Lipinski definition) is 1. The van der Waals surface area contributed by atoms with Crippen LogP contribution >= 0.6 is 0 Å². The summed E-state index contributed by atoms with van der Waals surface area (Å²) in [4.78, 5) is 0. The number of nitrogens with one attached hydrogen (secondary N) is 1. The van der Waals surface area contributed by atoms with E-state index in [0.717, 1.165) is 13.1 Å². The van der Waals surface area contributed by atoms with Gasteiger partial charge in [-0.3, -0.25) is 0 Å². The summed E-state index contributed by atoms with van der Waals surface area (Å²) in [5, 5.41) is 3.45. The van der Waals surface area contributed by atoms with E-state index in [0.29, 0.717) is 5.41 Å². The zero-order chi connectivity index (χ0) is 16.2. The Morgan fingerprint density at radius 3 is 1.71 bits per heavy atom. The van der Waals surface area contributed by atoms with Crippen molar-refractivity contribution in [1.82, 2.24) is 5.32 Å². The minimum atomic E-state index is 0.410. The van der Waals surface area contributed by atoms with Crippen LogP contribution in [-0.2, 0) is 6.42 Å². The average molecular weight is 290 g/mol. The van der Waals surface area contributed by atoms with Crippen molar-refractivity contribution in [2.24, 2.45) is 5.41 Å². The smallest absolute Gasteiger partial charge is 0.00439 e. The van der Waals surface area contributed by atoms with Gasteiger partial charge in [-0.1, -0.05) is 20.8 Å². The van der Waals surface area contributed by atoms with Crippen LogP contribution in [0.3, 0.4) is 0 Å². The lowest BCUT2D eigenvalue weighted by Crippen LogP contribution is -2.23. The molecule has 1 rings (SSSR count). The molecule has 0 unspecified atom stereocenters. The van der Waals surface area contributed by atoms with Gasteiger partial charge in [-0.05, 0) is 106 Å². The summed E-state index contributed by atoms with van der Waals surface area (Å²) >= 11 is 0. The van der Waals surface area contributed by atoms with Gasteiger partial charge >= 0.3 is 0 Å². The second-order valence-electron chi connectivity index (χ2n) is 7.37. The molecule has 21 heavy (non-hydrogen) atoms. The van der Waals surface area contributed by atoms with E-state index >= 15 is 0 Å². The first kappa shape index (κ1) is 18.2. The Hall–Kier alpha value is -0.820. The zero-order valence-electron chi connectivity index (χ0n) is 15.5. The van der Waals surface area contributed by atoms with Crippen molar-refractivity contribution in [3.63, 3.8) is 0 Å². The molecule has 1 aromatic rings. The highest BCUT2D eigenvalue weighted by Gasteiger charge is 2.19. The van der Waals surface area contributed by atoms with Crippen LogP contribution in [0.2, 0.25) is 0 Å². The maximum Gasteiger partial charge on any atom is -0.00439 e. The van der Waals surface area contributed by atoms with Gasteiger partial charge in [0, 0.05) is 0 Å². The van der Waals surface area contributed by atoms with Crippen LogP contribution in [-0.4, -0.2) is 13.1 Å². The van der Waals surface area contributed by atoms with Crippen molar-refractivity contribution < 1.29 is 0 Å².